The van der Waals surface area contributed by atoms with Crippen LogP contribution in [0.1, 0.15) is 22.6 Å². The van der Waals surface area contributed by atoms with Gasteiger partial charge in [-0.3, -0.25) is 0 Å². The summed E-state index contributed by atoms with van der Waals surface area (Å²) in [5.74, 6) is 1.68. The molecule has 0 N–H and O–H groups in total. The maximum absolute atomic E-state index is 11.9. The molecule has 0 aliphatic carbocycles. The van der Waals surface area contributed by atoms with Gasteiger partial charge >= 0.3 is 5.97 Å². The van der Waals surface area contributed by atoms with Crippen molar-refractivity contribution in [2.45, 2.75) is 13.8 Å². The van der Waals surface area contributed by atoms with Crippen LogP contribution in [0.2, 0.25) is 0 Å². The van der Waals surface area contributed by atoms with Gasteiger partial charge in [-0.1, -0.05) is 29.8 Å². The molecule has 0 radical (unpaired) electrons. The summed E-state index contributed by atoms with van der Waals surface area (Å²) in [6.45, 7) is 3.88. The van der Waals surface area contributed by atoms with Crippen molar-refractivity contribution in [3.05, 3.63) is 70.7 Å². The van der Waals surface area contributed by atoms with Crippen molar-refractivity contribution in [2.75, 3.05) is 0 Å². The van der Waals surface area contributed by atoms with Crippen LogP contribution in [0.3, 0.4) is 0 Å². The summed E-state index contributed by atoms with van der Waals surface area (Å²) in [5.41, 5.74) is 2.55. The number of benzene rings is 1. The summed E-state index contributed by atoms with van der Waals surface area (Å²) in [4.78, 5) is 11.9. The zero-order valence-electron chi connectivity index (χ0n) is 11.3. The van der Waals surface area contributed by atoms with Gasteiger partial charge in [0.05, 0.1) is 5.57 Å². The van der Waals surface area contributed by atoms with Crippen LogP contribution in [-0.2, 0) is 9.53 Å². The Morgan fingerprint density at radius 3 is 2.40 bits per heavy atom. The Labute approximate surface area is 117 Å². The van der Waals surface area contributed by atoms with E-state index in [0.717, 1.165) is 11.3 Å². The van der Waals surface area contributed by atoms with Gasteiger partial charge in [-0.25, -0.2) is 4.79 Å². The zero-order chi connectivity index (χ0) is 14.1. The van der Waals surface area contributed by atoms with E-state index < -0.39 is 0 Å². The fourth-order valence-corrected chi connectivity index (χ4v) is 2.03. The lowest BCUT2D eigenvalue weighted by atomic mass is 10.1. The van der Waals surface area contributed by atoms with E-state index in [4.69, 9.17) is 9.15 Å². The van der Waals surface area contributed by atoms with Gasteiger partial charge in [-0.05, 0) is 38.1 Å². The lowest BCUT2D eigenvalue weighted by Crippen LogP contribution is -1.96. The van der Waals surface area contributed by atoms with E-state index in [1.165, 1.54) is 5.56 Å². The predicted molar refractivity (Wildman–Crippen MR) is 76.7 cm³/mol. The van der Waals surface area contributed by atoms with Crippen LogP contribution in [0.25, 0.3) is 11.8 Å². The first-order chi connectivity index (χ1) is 9.61. The molecule has 0 atom stereocenters. The molecule has 0 unspecified atom stereocenters. The van der Waals surface area contributed by atoms with Gasteiger partial charge in [-0.2, -0.15) is 0 Å². The Kier molecular flexibility index (Phi) is 3.03. The van der Waals surface area contributed by atoms with E-state index in [2.05, 4.69) is 0 Å². The van der Waals surface area contributed by atoms with Gasteiger partial charge < -0.3 is 9.15 Å². The van der Waals surface area contributed by atoms with Crippen LogP contribution in [0.15, 0.2) is 52.5 Å². The third-order valence-corrected chi connectivity index (χ3v) is 3.12. The lowest BCUT2D eigenvalue weighted by molar-refractivity contribution is -0.130. The summed E-state index contributed by atoms with van der Waals surface area (Å²) in [5, 5.41) is 0. The molecule has 20 heavy (non-hydrogen) atoms. The molecule has 1 aliphatic rings. The number of rotatable bonds is 2. The van der Waals surface area contributed by atoms with E-state index in [9.17, 15) is 4.79 Å². The highest BCUT2D eigenvalue weighted by molar-refractivity contribution is 6.04. The van der Waals surface area contributed by atoms with Crippen molar-refractivity contribution in [1.82, 2.24) is 0 Å². The van der Waals surface area contributed by atoms with Crippen molar-refractivity contribution in [3.8, 4) is 0 Å². The molecule has 0 fully saturated rings. The largest absolute Gasteiger partial charge is 0.462 e. The number of aryl methyl sites for hydroxylation is 2. The number of esters is 1. The molecule has 1 aromatic heterocycles. The average Bonchev–Trinajstić information content (AvgIpc) is 2.98. The molecular weight excluding hydrogens is 252 g/mol. The number of carbonyl (C=O) groups is 1. The maximum atomic E-state index is 11.9. The van der Waals surface area contributed by atoms with Crippen LogP contribution in [0, 0.1) is 13.8 Å². The summed E-state index contributed by atoms with van der Waals surface area (Å²) < 4.78 is 10.7. The molecular formula is C17H14O3. The molecule has 100 valence electrons. The van der Waals surface area contributed by atoms with Crippen molar-refractivity contribution < 1.29 is 13.9 Å². The van der Waals surface area contributed by atoms with E-state index in [-0.39, 0.29) is 5.97 Å². The molecule has 1 aromatic carbocycles. The molecule has 1 aliphatic heterocycles. The number of carbonyl (C=O) groups excluding carboxylic acids is 1. The fourth-order valence-electron chi connectivity index (χ4n) is 2.03. The number of hydrogen-bond donors (Lipinski definition) is 0. The first kappa shape index (κ1) is 12.5. The number of hydrogen-bond acceptors (Lipinski definition) is 3. The Morgan fingerprint density at radius 1 is 1.00 bits per heavy atom. The second kappa shape index (κ2) is 4.85. The van der Waals surface area contributed by atoms with Crippen molar-refractivity contribution in [2.24, 2.45) is 0 Å². The minimum Gasteiger partial charge on any atom is -0.462 e. The van der Waals surface area contributed by atoms with E-state index in [0.29, 0.717) is 17.1 Å². The third-order valence-electron chi connectivity index (χ3n) is 3.12. The molecule has 3 heteroatoms. The Morgan fingerprint density at radius 2 is 1.75 bits per heavy atom. The normalized spacial score (nSPS) is 16.4. The van der Waals surface area contributed by atoms with Crippen LogP contribution in [-0.4, -0.2) is 5.97 Å². The van der Waals surface area contributed by atoms with E-state index >= 15 is 0 Å². The SMILES string of the molecule is Cc1ccc(C2=CC(=Cc3ccc(C)o3)C(=O)O2)cc1. The van der Waals surface area contributed by atoms with Crippen LogP contribution < -0.4 is 0 Å². The highest BCUT2D eigenvalue weighted by Crippen LogP contribution is 2.27. The number of cyclic esters (lactones) is 1. The predicted octanol–water partition coefficient (Wildman–Crippen LogP) is 3.88. The van der Waals surface area contributed by atoms with Crippen LogP contribution in [0.5, 0.6) is 0 Å². The van der Waals surface area contributed by atoms with E-state index in [1.807, 2.05) is 50.2 Å². The van der Waals surface area contributed by atoms with Crippen LogP contribution in [0.4, 0.5) is 0 Å². The van der Waals surface area contributed by atoms with Gasteiger partial charge in [0.15, 0.2) is 0 Å². The highest BCUT2D eigenvalue weighted by atomic mass is 16.5. The molecule has 3 nitrogen and oxygen atoms in total. The van der Waals surface area contributed by atoms with Gasteiger partial charge in [0, 0.05) is 5.56 Å². The molecule has 2 heterocycles. The summed E-state index contributed by atoms with van der Waals surface area (Å²) in [6.07, 6.45) is 3.43. The van der Waals surface area contributed by atoms with Gasteiger partial charge in [0.1, 0.15) is 17.3 Å². The van der Waals surface area contributed by atoms with E-state index in [1.54, 1.807) is 12.2 Å². The molecule has 2 aromatic rings. The molecule has 0 saturated carbocycles. The van der Waals surface area contributed by atoms with Crippen LogP contribution >= 0.6 is 0 Å². The molecule has 0 spiro atoms. The summed E-state index contributed by atoms with van der Waals surface area (Å²) >= 11 is 0. The second-order valence-corrected chi connectivity index (χ2v) is 4.81. The van der Waals surface area contributed by atoms with Gasteiger partial charge in [0.25, 0.3) is 0 Å². The first-order valence-corrected chi connectivity index (χ1v) is 6.41. The third kappa shape index (κ3) is 2.43. The standard InChI is InChI=1S/C17H14O3/c1-11-3-6-13(7-4-11)16-10-14(17(18)20-16)9-15-8-5-12(2)19-15/h3-10H,1-2H3. The molecule has 3 rings (SSSR count). The quantitative estimate of drug-likeness (QED) is 0.611. The Hall–Kier alpha value is -2.55. The Bertz CT molecular complexity index is 715. The van der Waals surface area contributed by atoms with Crippen molar-refractivity contribution >= 4 is 17.8 Å². The Balaban J connectivity index is 1.92. The summed E-state index contributed by atoms with van der Waals surface area (Å²) in [7, 11) is 0. The second-order valence-electron chi connectivity index (χ2n) is 4.81. The highest BCUT2D eigenvalue weighted by Gasteiger charge is 2.22. The minimum atomic E-state index is -0.352. The summed E-state index contributed by atoms with van der Waals surface area (Å²) in [6, 6.07) is 11.5. The average molecular weight is 266 g/mol. The fraction of sp³-hybridized carbons (Fsp3) is 0.118. The molecule has 0 bridgehead atoms. The molecule has 0 saturated heterocycles. The van der Waals surface area contributed by atoms with Gasteiger partial charge in [-0.15, -0.1) is 0 Å². The maximum Gasteiger partial charge on any atom is 0.343 e. The first-order valence-electron chi connectivity index (χ1n) is 6.41. The number of ether oxygens (including phenoxy) is 1. The number of furan rings is 1. The lowest BCUT2D eigenvalue weighted by Gasteiger charge is -2.01. The minimum absolute atomic E-state index is 0.352. The van der Waals surface area contributed by atoms with Crippen molar-refractivity contribution in [1.29, 1.82) is 0 Å². The smallest absolute Gasteiger partial charge is 0.343 e. The topological polar surface area (TPSA) is 39.4 Å². The zero-order valence-corrected chi connectivity index (χ0v) is 11.3. The molecule has 0 amide bonds. The van der Waals surface area contributed by atoms with Crippen molar-refractivity contribution in [3.63, 3.8) is 0 Å². The monoisotopic (exact) mass is 266 g/mol. The van der Waals surface area contributed by atoms with Gasteiger partial charge in [0.2, 0.25) is 0 Å².